The number of amides is 1. The van der Waals surface area contributed by atoms with E-state index in [2.05, 4.69) is 33.1 Å². The number of piperidine rings is 1. The first-order valence-electron chi connectivity index (χ1n) is 9.46. The Morgan fingerprint density at radius 3 is 2.73 bits per heavy atom. The molecule has 4 rings (SSSR count). The molecule has 138 valence electrons. The third-order valence-electron chi connectivity index (χ3n) is 5.70. The fraction of sp³-hybridized carbons (Fsp3) is 0.526. The smallest absolute Gasteiger partial charge is 0.257 e. The van der Waals surface area contributed by atoms with E-state index in [0.717, 1.165) is 39.0 Å². The number of nitrogens with one attached hydrogen (secondary N) is 2. The van der Waals surface area contributed by atoms with Crippen LogP contribution in [0.2, 0.25) is 0 Å². The molecular weight excluding hydrogens is 328 g/mol. The Bertz CT molecular complexity index is 737. The number of rotatable bonds is 4. The Balaban J connectivity index is 1.38. The summed E-state index contributed by atoms with van der Waals surface area (Å²) in [7, 11) is 0. The number of nitrogens with zero attached hydrogens (tertiary/aromatic N) is 4. The minimum atomic E-state index is 0.103. The molecule has 2 aliphatic heterocycles. The van der Waals surface area contributed by atoms with Crippen molar-refractivity contribution in [2.45, 2.75) is 38.3 Å². The van der Waals surface area contributed by atoms with Gasteiger partial charge in [0, 0.05) is 56.7 Å². The van der Waals surface area contributed by atoms with E-state index in [1.54, 1.807) is 10.9 Å². The van der Waals surface area contributed by atoms with E-state index >= 15 is 0 Å². The van der Waals surface area contributed by atoms with Crippen molar-refractivity contribution >= 4 is 5.91 Å². The van der Waals surface area contributed by atoms with Gasteiger partial charge in [0.15, 0.2) is 0 Å². The topological polar surface area (TPSA) is 75.1 Å². The predicted molar refractivity (Wildman–Crippen MR) is 98.4 cm³/mol. The molecule has 0 aromatic carbocycles. The molecule has 0 radical (unpaired) electrons. The van der Waals surface area contributed by atoms with Gasteiger partial charge in [0.2, 0.25) is 0 Å². The molecule has 0 bridgehead atoms. The normalized spacial score (nSPS) is 24.1. The van der Waals surface area contributed by atoms with Gasteiger partial charge in [0.1, 0.15) is 0 Å². The maximum atomic E-state index is 12.7. The van der Waals surface area contributed by atoms with Gasteiger partial charge in [-0.05, 0) is 43.4 Å². The van der Waals surface area contributed by atoms with Crippen molar-refractivity contribution in [3.8, 4) is 0 Å². The molecule has 2 fully saturated rings. The SMILES string of the molecule is CCn1cc(C(=O)N2CCC(C3NNCC3c3ccncc3)CC2)cn1. The van der Waals surface area contributed by atoms with Gasteiger partial charge in [-0.15, -0.1) is 0 Å². The van der Waals surface area contributed by atoms with Gasteiger partial charge in [-0.1, -0.05) is 0 Å². The molecule has 2 atom stereocenters. The van der Waals surface area contributed by atoms with E-state index in [-0.39, 0.29) is 5.91 Å². The van der Waals surface area contributed by atoms with Gasteiger partial charge in [0.25, 0.3) is 5.91 Å². The summed E-state index contributed by atoms with van der Waals surface area (Å²) in [5.41, 5.74) is 8.82. The minimum Gasteiger partial charge on any atom is -0.339 e. The van der Waals surface area contributed by atoms with Crippen LogP contribution in [0.5, 0.6) is 0 Å². The zero-order valence-electron chi connectivity index (χ0n) is 15.1. The highest BCUT2D eigenvalue weighted by molar-refractivity contribution is 5.93. The van der Waals surface area contributed by atoms with Gasteiger partial charge in [-0.3, -0.25) is 25.3 Å². The summed E-state index contributed by atoms with van der Waals surface area (Å²) >= 11 is 0. The number of hydrogen-bond acceptors (Lipinski definition) is 5. The second-order valence-corrected chi connectivity index (χ2v) is 7.15. The lowest BCUT2D eigenvalue weighted by atomic mass is 9.80. The highest BCUT2D eigenvalue weighted by Gasteiger charge is 2.37. The molecule has 2 unspecified atom stereocenters. The van der Waals surface area contributed by atoms with Crippen molar-refractivity contribution in [3.63, 3.8) is 0 Å². The van der Waals surface area contributed by atoms with E-state index < -0.39 is 0 Å². The molecule has 0 aliphatic carbocycles. The van der Waals surface area contributed by atoms with Crippen LogP contribution in [-0.2, 0) is 6.54 Å². The summed E-state index contributed by atoms with van der Waals surface area (Å²) in [6, 6.07) is 4.62. The molecule has 26 heavy (non-hydrogen) atoms. The monoisotopic (exact) mass is 354 g/mol. The Morgan fingerprint density at radius 1 is 1.27 bits per heavy atom. The summed E-state index contributed by atoms with van der Waals surface area (Å²) in [4.78, 5) is 18.8. The fourth-order valence-electron chi connectivity index (χ4n) is 4.19. The minimum absolute atomic E-state index is 0.103. The van der Waals surface area contributed by atoms with Crippen molar-refractivity contribution in [2.75, 3.05) is 19.6 Å². The molecule has 7 nitrogen and oxygen atoms in total. The lowest BCUT2D eigenvalue weighted by Crippen LogP contribution is -2.45. The van der Waals surface area contributed by atoms with Crippen molar-refractivity contribution in [1.29, 1.82) is 0 Å². The van der Waals surface area contributed by atoms with Crippen molar-refractivity contribution in [1.82, 2.24) is 30.5 Å². The highest BCUT2D eigenvalue weighted by atomic mass is 16.2. The molecule has 2 N–H and O–H groups in total. The van der Waals surface area contributed by atoms with Gasteiger partial charge in [0.05, 0.1) is 11.8 Å². The molecule has 2 aliphatic rings. The average Bonchev–Trinajstić information content (AvgIpc) is 3.38. The van der Waals surface area contributed by atoms with Crippen molar-refractivity contribution in [2.24, 2.45) is 5.92 Å². The number of hydrazine groups is 1. The van der Waals surface area contributed by atoms with E-state index in [1.165, 1.54) is 5.56 Å². The first-order chi connectivity index (χ1) is 12.8. The molecule has 1 amide bonds. The second kappa shape index (κ2) is 7.55. The molecule has 2 saturated heterocycles. The average molecular weight is 354 g/mol. The third-order valence-corrected chi connectivity index (χ3v) is 5.70. The zero-order chi connectivity index (χ0) is 17.9. The summed E-state index contributed by atoms with van der Waals surface area (Å²) in [5, 5.41) is 4.22. The maximum absolute atomic E-state index is 12.7. The Labute approximate surface area is 153 Å². The van der Waals surface area contributed by atoms with Crippen LogP contribution < -0.4 is 10.9 Å². The number of carbonyl (C=O) groups is 1. The Morgan fingerprint density at radius 2 is 2.04 bits per heavy atom. The zero-order valence-corrected chi connectivity index (χ0v) is 15.1. The fourth-order valence-corrected chi connectivity index (χ4v) is 4.19. The summed E-state index contributed by atoms with van der Waals surface area (Å²) < 4.78 is 1.80. The molecule has 0 saturated carbocycles. The van der Waals surface area contributed by atoms with Crippen molar-refractivity contribution in [3.05, 3.63) is 48.0 Å². The molecule has 0 spiro atoms. The van der Waals surface area contributed by atoms with Gasteiger partial charge in [-0.2, -0.15) is 5.10 Å². The van der Waals surface area contributed by atoms with Gasteiger partial charge in [-0.25, -0.2) is 0 Å². The van der Waals surface area contributed by atoms with Crippen LogP contribution >= 0.6 is 0 Å². The van der Waals surface area contributed by atoms with Crippen LogP contribution in [-0.4, -0.2) is 51.2 Å². The largest absolute Gasteiger partial charge is 0.339 e. The molecule has 4 heterocycles. The number of aryl methyl sites for hydroxylation is 1. The van der Waals surface area contributed by atoms with E-state index in [1.807, 2.05) is 30.4 Å². The summed E-state index contributed by atoms with van der Waals surface area (Å²) in [6.07, 6.45) is 9.30. The molecule has 2 aromatic heterocycles. The second-order valence-electron chi connectivity index (χ2n) is 7.15. The first-order valence-corrected chi connectivity index (χ1v) is 9.46. The number of likely N-dealkylation sites (tertiary alicyclic amines) is 1. The Kier molecular flexibility index (Phi) is 4.99. The van der Waals surface area contributed by atoms with E-state index in [0.29, 0.717) is 23.4 Å². The van der Waals surface area contributed by atoms with Crippen LogP contribution in [0.1, 0.15) is 41.6 Å². The lowest BCUT2D eigenvalue weighted by Gasteiger charge is -2.36. The maximum Gasteiger partial charge on any atom is 0.257 e. The van der Waals surface area contributed by atoms with E-state index in [4.69, 9.17) is 0 Å². The highest BCUT2D eigenvalue weighted by Crippen LogP contribution is 2.32. The van der Waals surface area contributed by atoms with Crippen LogP contribution in [0.3, 0.4) is 0 Å². The van der Waals surface area contributed by atoms with Crippen LogP contribution in [0.25, 0.3) is 0 Å². The third kappa shape index (κ3) is 3.37. The van der Waals surface area contributed by atoms with Crippen LogP contribution in [0.4, 0.5) is 0 Å². The van der Waals surface area contributed by atoms with Crippen molar-refractivity contribution < 1.29 is 4.79 Å². The van der Waals surface area contributed by atoms with Crippen LogP contribution in [0, 0.1) is 5.92 Å². The number of pyridine rings is 1. The summed E-state index contributed by atoms with van der Waals surface area (Å²) in [5.74, 6) is 1.12. The summed E-state index contributed by atoms with van der Waals surface area (Å²) in [6.45, 7) is 5.36. The molecular formula is C19H26N6O. The molecule has 7 heteroatoms. The molecule has 2 aromatic rings. The predicted octanol–water partition coefficient (Wildman–Crippen LogP) is 1.41. The Hall–Kier alpha value is -2.25. The number of hydrogen-bond donors (Lipinski definition) is 2. The number of carbonyl (C=O) groups excluding carboxylic acids is 1. The van der Waals surface area contributed by atoms with Gasteiger partial charge >= 0.3 is 0 Å². The standard InChI is InChI=1S/C19H26N6O/c1-2-25-13-16(11-22-25)19(26)24-9-5-15(6-10-24)18-17(12-21-23-18)14-3-7-20-8-4-14/h3-4,7-8,11,13,15,17-18,21,23H,2,5-6,9-10,12H2,1H3. The van der Waals surface area contributed by atoms with Crippen LogP contribution in [0.15, 0.2) is 36.9 Å². The first kappa shape index (κ1) is 17.2. The lowest BCUT2D eigenvalue weighted by molar-refractivity contribution is 0.0670. The quantitative estimate of drug-likeness (QED) is 0.868. The number of aromatic nitrogens is 3. The van der Waals surface area contributed by atoms with E-state index in [9.17, 15) is 4.79 Å². The van der Waals surface area contributed by atoms with Gasteiger partial charge < -0.3 is 4.90 Å².